The maximum absolute atomic E-state index is 13.4. The van der Waals surface area contributed by atoms with E-state index in [0.717, 1.165) is 41.7 Å². The first-order valence-electron chi connectivity index (χ1n) is 19.0. The zero-order valence-electron chi connectivity index (χ0n) is 32.2. The lowest BCUT2D eigenvalue weighted by molar-refractivity contribution is -0.154. The minimum atomic E-state index is -4.71. The molecule has 2 saturated heterocycles. The molecule has 2 aromatic heterocycles. The molecule has 4 N–H and O–H groups in total. The number of nitrogens with one attached hydrogen (secondary N) is 4. The molecule has 0 aliphatic carbocycles. The summed E-state index contributed by atoms with van der Waals surface area (Å²) >= 11 is 0. The number of amides is 4. The monoisotopic (exact) mass is 842 g/mol. The van der Waals surface area contributed by atoms with E-state index in [9.17, 15) is 45.5 Å². The zero-order valence-corrected chi connectivity index (χ0v) is 32.2. The highest BCUT2D eigenvalue weighted by molar-refractivity contribution is 5.92. The van der Waals surface area contributed by atoms with Crippen LogP contribution >= 0.6 is 0 Å². The number of aromatic nitrogens is 4. The number of alkyl carbamates (subject to hydrolysis) is 2. The number of imidazole rings is 2. The molecular formula is C40H40F6N8O6. The van der Waals surface area contributed by atoms with Gasteiger partial charge < -0.3 is 39.9 Å². The highest BCUT2D eigenvalue weighted by Crippen LogP contribution is 2.37. The number of carbonyl (C=O) groups excluding carboxylic acids is 4. The minimum absolute atomic E-state index is 0.190. The molecule has 2 aliphatic rings. The van der Waals surface area contributed by atoms with E-state index in [0.29, 0.717) is 54.1 Å². The number of rotatable bonds is 10. The fourth-order valence-corrected chi connectivity index (χ4v) is 7.91. The Hall–Kier alpha value is -6.34. The van der Waals surface area contributed by atoms with Crippen LogP contribution in [0.2, 0.25) is 0 Å². The Morgan fingerprint density at radius 2 is 1.22 bits per heavy atom. The van der Waals surface area contributed by atoms with Crippen LogP contribution in [0.4, 0.5) is 35.9 Å². The smallest absolute Gasteiger partial charge is 0.407 e. The fourth-order valence-electron chi connectivity index (χ4n) is 7.91. The van der Waals surface area contributed by atoms with Crippen molar-refractivity contribution >= 4 is 45.8 Å². The van der Waals surface area contributed by atoms with Gasteiger partial charge in [0.15, 0.2) is 0 Å². The number of H-pyrrole nitrogens is 2. The van der Waals surface area contributed by atoms with Crippen molar-refractivity contribution in [3.05, 3.63) is 72.4 Å². The van der Waals surface area contributed by atoms with Gasteiger partial charge in [0.2, 0.25) is 11.8 Å². The number of aromatic amines is 2. The SMILES string of the molecule is COC(=O)NC(CC(F)(F)F)C(=O)N1CCCC1c1ncc(-c2ccc3cc(-c4ccc5nc(C6CCCN6C(=O)C(CC(F)(F)F)NC(=O)OC)[nH]c5c4)ccc3c2)[nH]1. The van der Waals surface area contributed by atoms with Gasteiger partial charge in [-0.2, -0.15) is 26.3 Å². The second-order valence-corrected chi connectivity index (χ2v) is 14.7. The van der Waals surface area contributed by atoms with Crippen molar-refractivity contribution in [1.82, 2.24) is 40.4 Å². The fraction of sp³-hybridized carbons (Fsp3) is 0.400. The highest BCUT2D eigenvalue weighted by atomic mass is 19.4. The van der Waals surface area contributed by atoms with Gasteiger partial charge in [-0.1, -0.05) is 30.3 Å². The summed E-state index contributed by atoms with van der Waals surface area (Å²) in [5.74, 6) is -0.945. The van der Waals surface area contributed by atoms with Crippen LogP contribution in [0.1, 0.15) is 62.3 Å². The molecule has 3 aromatic carbocycles. The first-order valence-corrected chi connectivity index (χ1v) is 19.0. The van der Waals surface area contributed by atoms with E-state index in [1.807, 2.05) is 65.2 Å². The van der Waals surface area contributed by atoms with Crippen LogP contribution in [0.25, 0.3) is 44.2 Å². The van der Waals surface area contributed by atoms with Crippen molar-refractivity contribution in [3.8, 4) is 22.4 Å². The predicted molar refractivity (Wildman–Crippen MR) is 204 cm³/mol. The Labute approximate surface area is 338 Å². The molecule has 60 heavy (non-hydrogen) atoms. The number of halogens is 6. The molecule has 0 radical (unpaired) electrons. The van der Waals surface area contributed by atoms with Gasteiger partial charge in [0.1, 0.15) is 23.7 Å². The van der Waals surface area contributed by atoms with Crippen molar-refractivity contribution in [2.75, 3.05) is 27.3 Å². The van der Waals surface area contributed by atoms with Crippen molar-refractivity contribution in [3.63, 3.8) is 0 Å². The molecule has 0 saturated carbocycles. The summed E-state index contributed by atoms with van der Waals surface area (Å²) in [5.41, 5.74) is 4.40. The van der Waals surface area contributed by atoms with Gasteiger partial charge in [-0.25, -0.2) is 19.6 Å². The molecule has 2 fully saturated rings. The Morgan fingerprint density at radius 3 is 1.77 bits per heavy atom. The first kappa shape index (κ1) is 41.8. The molecular weight excluding hydrogens is 802 g/mol. The number of alkyl halides is 6. The molecule has 4 amide bonds. The predicted octanol–water partition coefficient (Wildman–Crippen LogP) is 7.45. The molecule has 0 spiro atoms. The van der Waals surface area contributed by atoms with Crippen LogP contribution < -0.4 is 10.6 Å². The topological polar surface area (TPSA) is 175 Å². The van der Waals surface area contributed by atoms with E-state index < -0.39 is 73.4 Å². The molecule has 318 valence electrons. The molecule has 4 atom stereocenters. The Balaban J connectivity index is 1.07. The van der Waals surface area contributed by atoms with E-state index in [4.69, 9.17) is 0 Å². The lowest BCUT2D eigenvalue weighted by Gasteiger charge is -2.28. The minimum Gasteiger partial charge on any atom is -0.453 e. The summed E-state index contributed by atoms with van der Waals surface area (Å²) in [5, 5.41) is 5.85. The quantitative estimate of drug-likeness (QED) is 0.105. The Morgan fingerprint density at radius 1 is 0.717 bits per heavy atom. The van der Waals surface area contributed by atoms with Gasteiger partial charge in [-0.15, -0.1) is 0 Å². The van der Waals surface area contributed by atoms with Gasteiger partial charge in [0, 0.05) is 18.7 Å². The molecule has 20 heteroatoms. The molecule has 0 bridgehead atoms. The normalized spacial score (nSPS) is 18.1. The molecule has 5 aromatic rings. The number of hydrogen-bond acceptors (Lipinski definition) is 8. The Kier molecular flexibility index (Phi) is 11.7. The van der Waals surface area contributed by atoms with Gasteiger partial charge in [-0.3, -0.25) is 9.59 Å². The standard InChI is InChI=1S/C40H40F6N8O6/c1-59-37(57)51-28(18-39(41,42)43)35(55)53-13-3-5-31(53)33-47-20-30(50-33)25-10-9-21-15-22(7-8-23(21)16-25)24-11-12-26-27(17-24)49-34(48-26)32-6-4-14-54(32)36(56)29(19-40(44,45)46)52-38(58)60-2/h7-12,15-17,20,28-29,31-32H,3-6,13-14,18-19H2,1-2H3,(H,47,50)(H,48,49)(H,51,57)(H,52,58). The molecule has 4 unspecified atom stereocenters. The number of likely N-dealkylation sites (tertiary alicyclic amines) is 2. The van der Waals surface area contributed by atoms with Crippen LogP contribution in [0.5, 0.6) is 0 Å². The average molecular weight is 843 g/mol. The van der Waals surface area contributed by atoms with Crippen molar-refractivity contribution < 1.29 is 55.0 Å². The largest absolute Gasteiger partial charge is 0.453 e. The van der Waals surface area contributed by atoms with Crippen LogP contribution in [-0.2, 0) is 19.1 Å². The van der Waals surface area contributed by atoms with Crippen LogP contribution in [0.3, 0.4) is 0 Å². The van der Waals surface area contributed by atoms with Crippen molar-refractivity contribution in [1.29, 1.82) is 0 Å². The molecule has 2 aliphatic heterocycles. The van der Waals surface area contributed by atoms with Gasteiger partial charge >= 0.3 is 24.5 Å². The number of fused-ring (bicyclic) bond motifs is 2. The summed E-state index contributed by atoms with van der Waals surface area (Å²) < 4.78 is 89.0. The molecule has 7 rings (SSSR count). The third-order valence-corrected chi connectivity index (χ3v) is 10.7. The van der Waals surface area contributed by atoms with E-state index in [-0.39, 0.29) is 13.1 Å². The second-order valence-electron chi connectivity index (χ2n) is 14.7. The van der Waals surface area contributed by atoms with E-state index in [2.05, 4.69) is 29.4 Å². The van der Waals surface area contributed by atoms with Gasteiger partial charge in [0.25, 0.3) is 0 Å². The third-order valence-electron chi connectivity index (χ3n) is 10.7. The molecule has 14 nitrogen and oxygen atoms in total. The van der Waals surface area contributed by atoms with Crippen LogP contribution in [-0.4, -0.2) is 105 Å². The van der Waals surface area contributed by atoms with Crippen LogP contribution in [0, 0.1) is 0 Å². The molecule has 4 heterocycles. The summed E-state index contributed by atoms with van der Waals surface area (Å²) in [4.78, 5) is 68.5. The number of nitrogens with zero attached hydrogens (tertiary/aromatic N) is 4. The number of methoxy groups -OCH3 is 2. The van der Waals surface area contributed by atoms with Gasteiger partial charge in [-0.05, 0) is 71.8 Å². The van der Waals surface area contributed by atoms with E-state index in [1.54, 1.807) is 6.20 Å². The Bertz CT molecular complexity index is 2410. The maximum Gasteiger partial charge on any atom is 0.407 e. The zero-order chi connectivity index (χ0) is 42.9. The van der Waals surface area contributed by atoms with Crippen LogP contribution in [0.15, 0.2) is 60.8 Å². The number of carbonyl (C=O) groups is 4. The number of ether oxygens (including phenoxy) is 2. The highest BCUT2D eigenvalue weighted by Gasteiger charge is 2.43. The second kappa shape index (κ2) is 16.7. The average Bonchev–Trinajstić information content (AvgIpc) is 4.04. The summed E-state index contributed by atoms with van der Waals surface area (Å²) in [6, 6.07) is 12.3. The third kappa shape index (κ3) is 9.26. The summed E-state index contributed by atoms with van der Waals surface area (Å²) in [6.45, 7) is 0.381. The number of hydrogen-bond donors (Lipinski definition) is 4. The van der Waals surface area contributed by atoms with E-state index in [1.165, 1.54) is 9.80 Å². The maximum atomic E-state index is 13.4. The first-order chi connectivity index (χ1) is 28.5. The van der Waals surface area contributed by atoms with Crippen molar-refractivity contribution in [2.24, 2.45) is 0 Å². The van der Waals surface area contributed by atoms with Gasteiger partial charge in [0.05, 0.1) is 62.1 Å². The summed E-state index contributed by atoms with van der Waals surface area (Å²) in [6.07, 6.45) is -11.2. The van der Waals surface area contributed by atoms with Crippen molar-refractivity contribution in [2.45, 2.75) is 75.0 Å². The van der Waals surface area contributed by atoms with E-state index >= 15 is 0 Å². The number of benzene rings is 3. The summed E-state index contributed by atoms with van der Waals surface area (Å²) in [7, 11) is 2.00. The lowest BCUT2D eigenvalue weighted by atomic mass is 9.99. The lowest BCUT2D eigenvalue weighted by Crippen LogP contribution is -2.50.